The van der Waals surface area contributed by atoms with E-state index in [0.29, 0.717) is 23.2 Å². The quantitative estimate of drug-likeness (QED) is 0.866. The minimum Gasteiger partial charge on any atom is -0.493 e. The first kappa shape index (κ1) is 15.0. The van der Waals surface area contributed by atoms with Gasteiger partial charge in [0, 0.05) is 12.0 Å². The fourth-order valence-corrected chi connectivity index (χ4v) is 3.58. The molecule has 0 saturated heterocycles. The lowest BCUT2D eigenvalue weighted by atomic mass is 9.79. The van der Waals surface area contributed by atoms with Crippen molar-refractivity contribution < 1.29 is 9.47 Å². The maximum atomic E-state index is 6.47. The summed E-state index contributed by atoms with van der Waals surface area (Å²) in [6, 6.07) is 4.11. The first-order valence-corrected chi connectivity index (χ1v) is 8.27. The topological polar surface area (TPSA) is 44.5 Å². The minimum atomic E-state index is 0.0615. The van der Waals surface area contributed by atoms with Crippen molar-refractivity contribution in [3.8, 4) is 11.5 Å². The van der Waals surface area contributed by atoms with Gasteiger partial charge in [-0.3, -0.25) is 0 Å². The van der Waals surface area contributed by atoms with E-state index in [1.54, 1.807) is 7.11 Å². The first-order valence-electron chi connectivity index (χ1n) is 7.89. The van der Waals surface area contributed by atoms with E-state index in [4.69, 9.17) is 26.8 Å². The van der Waals surface area contributed by atoms with Crippen LogP contribution in [0.15, 0.2) is 12.1 Å². The average Bonchev–Trinajstić information content (AvgIpc) is 3.20. The smallest absolute Gasteiger partial charge is 0.179 e. The highest BCUT2D eigenvalue weighted by Crippen LogP contribution is 2.46. The molecule has 2 fully saturated rings. The van der Waals surface area contributed by atoms with Gasteiger partial charge in [-0.1, -0.05) is 24.4 Å². The SMILES string of the molecule is COc1cc(C2(CN)CCCC2)cc(Cl)c1OCC1CC1. The number of hydrogen-bond acceptors (Lipinski definition) is 3. The van der Waals surface area contributed by atoms with E-state index in [0.717, 1.165) is 25.2 Å². The number of nitrogens with two attached hydrogens (primary N) is 1. The second-order valence-electron chi connectivity index (χ2n) is 6.44. The summed E-state index contributed by atoms with van der Waals surface area (Å²) in [6.45, 7) is 1.40. The average molecular weight is 310 g/mol. The third kappa shape index (κ3) is 3.00. The van der Waals surface area contributed by atoms with Gasteiger partial charge in [-0.15, -0.1) is 0 Å². The molecule has 0 bridgehead atoms. The molecule has 2 aliphatic rings. The van der Waals surface area contributed by atoms with Crippen LogP contribution in [0.2, 0.25) is 5.02 Å². The van der Waals surface area contributed by atoms with Crippen LogP contribution in [-0.4, -0.2) is 20.3 Å². The van der Waals surface area contributed by atoms with Gasteiger partial charge in [0.25, 0.3) is 0 Å². The molecule has 2 aliphatic carbocycles. The Morgan fingerprint density at radius 2 is 2.00 bits per heavy atom. The van der Waals surface area contributed by atoms with Crippen molar-refractivity contribution in [2.24, 2.45) is 11.7 Å². The molecule has 3 nitrogen and oxygen atoms in total. The van der Waals surface area contributed by atoms with Crippen LogP contribution in [0, 0.1) is 5.92 Å². The van der Waals surface area contributed by atoms with Crippen LogP contribution in [0.5, 0.6) is 11.5 Å². The number of methoxy groups -OCH3 is 1. The predicted molar refractivity (Wildman–Crippen MR) is 85.4 cm³/mol. The molecular formula is C17H24ClNO2. The lowest BCUT2D eigenvalue weighted by molar-refractivity contribution is 0.280. The lowest BCUT2D eigenvalue weighted by Gasteiger charge is -2.29. The third-order valence-corrected chi connectivity index (χ3v) is 5.23. The second kappa shape index (κ2) is 6.05. The second-order valence-corrected chi connectivity index (χ2v) is 6.84. The molecule has 0 aromatic heterocycles. The molecule has 2 saturated carbocycles. The van der Waals surface area contributed by atoms with E-state index in [1.807, 2.05) is 6.07 Å². The fraction of sp³-hybridized carbons (Fsp3) is 0.647. The minimum absolute atomic E-state index is 0.0615. The molecule has 0 aliphatic heterocycles. The Balaban J connectivity index is 1.90. The van der Waals surface area contributed by atoms with Crippen LogP contribution >= 0.6 is 11.6 Å². The zero-order valence-corrected chi connectivity index (χ0v) is 13.4. The molecule has 0 atom stereocenters. The summed E-state index contributed by atoms with van der Waals surface area (Å²) >= 11 is 6.47. The van der Waals surface area contributed by atoms with Crippen LogP contribution < -0.4 is 15.2 Å². The molecule has 0 unspecified atom stereocenters. The van der Waals surface area contributed by atoms with Crippen molar-refractivity contribution in [1.82, 2.24) is 0 Å². The van der Waals surface area contributed by atoms with Crippen LogP contribution in [-0.2, 0) is 5.41 Å². The highest BCUT2D eigenvalue weighted by atomic mass is 35.5. The van der Waals surface area contributed by atoms with Crippen molar-refractivity contribution in [2.75, 3.05) is 20.3 Å². The van der Waals surface area contributed by atoms with Crippen LogP contribution in [0.3, 0.4) is 0 Å². The summed E-state index contributed by atoms with van der Waals surface area (Å²) in [5.74, 6) is 2.11. The monoisotopic (exact) mass is 309 g/mol. The van der Waals surface area contributed by atoms with Crippen LogP contribution in [0.1, 0.15) is 44.1 Å². The predicted octanol–water partition coefficient (Wildman–Crippen LogP) is 3.91. The molecule has 3 rings (SSSR count). The van der Waals surface area contributed by atoms with Gasteiger partial charge in [-0.25, -0.2) is 0 Å². The molecule has 21 heavy (non-hydrogen) atoms. The highest BCUT2D eigenvalue weighted by molar-refractivity contribution is 6.32. The maximum absolute atomic E-state index is 6.47. The van der Waals surface area contributed by atoms with E-state index >= 15 is 0 Å². The molecule has 1 aromatic rings. The molecule has 0 radical (unpaired) electrons. The number of halogens is 1. The normalized spacial score (nSPS) is 20.5. The summed E-state index contributed by atoms with van der Waals surface area (Å²) in [6.07, 6.45) is 7.24. The Labute approximate surface area is 131 Å². The highest BCUT2D eigenvalue weighted by Gasteiger charge is 2.35. The Morgan fingerprint density at radius 1 is 1.29 bits per heavy atom. The Hall–Kier alpha value is -0.930. The van der Waals surface area contributed by atoms with Crippen LogP contribution in [0.4, 0.5) is 0 Å². The summed E-state index contributed by atoms with van der Waals surface area (Å²) in [7, 11) is 1.67. The zero-order valence-electron chi connectivity index (χ0n) is 12.7. The van der Waals surface area contributed by atoms with Crippen molar-refractivity contribution in [1.29, 1.82) is 0 Å². The summed E-state index contributed by atoms with van der Waals surface area (Å²) < 4.78 is 11.4. The Morgan fingerprint density at radius 3 is 2.57 bits per heavy atom. The molecule has 0 spiro atoms. The van der Waals surface area contributed by atoms with E-state index in [9.17, 15) is 0 Å². The van der Waals surface area contributed by atoms with E-state index in [2.05, 4.69) is 6.07 Å². The molecule has 4 heteroatoms. The number of benzene rings is 1. The van der Waals surface area contributed by atoms with Crippen molar-refractivity contribution in [3.63, 3.8) is 0 Å². The van der Waals surface area contributed by atoms with Crippen molar-refractivity contribution in [2.45, 2.75) is 43.9 Å². The molecule has 0 amide bonds. The van der Waals surface area contributed by atoms with Crippen molar-refractivity contribution in [3.05, 3.63) is 22.7 Å². The number of hydrogen-bond donors (Lipinski definition) is 1. The van der Waals surface area contributed by atoms with E-state index < -0.39 is 0 Å². The standard InChI is InChI=1S/C17H24ClNO2/c1-20-15-9-13(17(11-19)6-2-3-7-17)8-14(18)16(15)21-10-12-4-5-12/h8-9,12H,2-7,10-11,19H2,1H3. The van der Waals surface area contributed by atoms with Gasteiger partial charge in [-0.2, -0.15) is 0 Å². The van der Waals surface area contributed by atoms with Gasteiger partial charge in [0.15, 0.2) is 11.5 Å². The Kier molecular flexibility index (Phi) is 4.32. The van der Waals surface area contributed by atoms with Gasteiger partial charge in [-0.05, 0) is 49.3 Å². The first-order chi connectivity index (χ1) is 10.2. The lowest BCUT2D eigenvalue weighted by Crippen LogP contribution is -2.32. The van der Waals surface area contributed by atoms with Gasteiger partial charge in [0.1, 0.15) is 0 Å². The van der Waals surface area contributed by atoms with Gasteiger partial charge in [0.2, 0.25) is 0 Å². The van der Waals surface area contributed by atoms with Gasteiger partial charge >= 0.3 is 0 Å². The molecule has 0 heterocycles. The molecular weight excluding hydrogens is 286 g/mol. The maximum Gasteiger partial charge on any atom is 0.179 e. The number of ether oxygens (including phenoxy) is 2. The zero-order chi connectivity index (χ0) is 14.9. The summed E-state index contributed by atoms with van der Waals surface area (Å²) in [4.78, 5) is 0. The fourth-order valence-electron chi connectivity index (χ4n) is 3.31. The third-order valence-electron chi connectivity index (χ3n) is 4.95. The molecule has 1 aromatic carbocycles. The van der Waals surface area contributed by atoms with Crippen LogP contribution in [0.25, 0.3) is 0 Å². The summed E-state index contributed by atoms with van der Waals surface area (Å²) in [5.41, 5.74) is 7.33. The Bertz CT molecular complexity index is 508. The largest absolute Gasteiger partial charge is 0.493 e. The van der Waals surface area contributed by atoms with Crippen molar-refractivity contribution >= 4 is 11.6 Å². The van der Waals surface area contributed by atoms with Gasteiger partial charge < -0.3 is 15.2 Å². The molecule has 116 valence electrons. The van der Waals surface area contributed by atoms with E-state index in [1.165, 1.54) is 31.2 Å². The summed E-state index contributed by atoms with van der Waals surface area (Å²) in [5, 5.41) is 0.643. The van der Waals surface area contributed by atoms with E-state index in [-0.39, 0.29) is 5.41 Å². The molecule has 2 N–H and O–H groups in total. The number of rotatable bonds is 6. The van der Waals surface area contributed by atoms with Gasteiger partial charge in [0.05, 0.1) is 18.7 Å².